The number of benzene rings is 1. The summed E-state index contributed by atoms with van der Waals surface area (Å²) in [6.45, 7) is 3.24. The number of amides is 1. The lowest BCUT2D eigenvalue weighted by Gasteiger charge is -2.09. The maximum absolute atomic E-state index is 12.0. The molecule has 3 rings (SSSR count). The van der Waals surface area contributed by atoms with Crippen LogP contribution in [0.1, 0.15) is 11.1 Å². The summed E-state index contributed by atoms with van der Waals surface area (Å²) in [5.74, 6) is -0.584. The number of hydrogen-bond donors (Lipinski definition) is 1. The fraction of sp³-hybridized carbons (Fsp3) is 0.235. The van der Waals surface area contributed by atoms with Gasteiger partial charge in [0.05, 0.1) is 0 Å². The molecule has 3 aromatic rings. The number of ether oxygens (including phenoxy) is 1. The van der Waals surface area contributed by atoms with E-state index in [2.05, 4.69) is 20.7 Å². The van der Waals surface area contributed by atoms with E-state index >= 15 is 0 Å². The van der Waals surface area contributed by atoms with E-state index in [0.717, 1.165) is 21.5 Å². The van der Waals surface area contributed by atoms with Crippen molar-refractivity contribution in [2.24, 2.45) is 0 Å². The maximum Gasteiger partial charge on any atom is 0.330 e. The number of aromatic nitrogens is 4. The normalized spacial score (nSPS) is 10.5. The predicted molar refractivity (Wildman–Crippen MR) is 96.6 cm³/mol. The topological polar surface area (TPSA) is 99.0 Å². The van der Waals surface area contributed by atoms with E-state index in [9.17, 15) is 9.59 Å². The summed E-state index contributed by atoms with van der Waals surface area (Å²) in [6.07, 6.45) is 0. The molecule has 0 aliphatic rings. The largest absolute Gasteiger partial charge is 0.454 e. The van der Waals surface area contributed by atoms with Crippen molar-refractivity contribution in [1.82, 2.24) is 20.2 Å². The van der Waals surface area contributed by atoms with Crippen LogP contribution in [0.5, 0.6) is 0 Å². The Labute approximate surface area is 153 Å². The van der Waals surface area contributed by atoms with E-state index in [0.29, 0.717) is 11.5 Å². The number of carbonyl (C=O) groups excluding carboxylic acids is 2. The van der Waals surface area contributed by atoms with Gasteiger partial charge in [-0.15, -0.1) is 10.2 Å². The summed E-state index contributed by atoms with van der Waals surface area (Å²) < 4.78 is 4.97. The summed E-state index contributed by atoms with van der Waals surface area (Å²) in [5.41, 5.74) is 3.50. The van der Waals surface area contributed by atoms with Crippen LogP contribution in [0.4, 0.5) is 5.69 Å². The van der Waals surface area contributed by atoms with Crippen molar-refractivity contribution in [3.8, 4) is 11.4 Å². The molecule has 0 aliphatic heterocycles. The fourth-order valence-electron chi connectivity index (χ4n) is 2.18. The fourth-order valence-corrected chi connectivity index (χ4v) is 2.82. The van der Waals surface area contributed by atoms with Gasteiger partial charge in [-0.3, -0.25) is 4.79 Å². The molecule has 2 heterocycles. The van der Waals surface area contributed by atoms with Crippen molar-refractivity contribution in [1.29, 1.82) is 0 Å². The smallest absolute Gasteiger partial charge is 0.330 e. The van der Waals surface area contributed by atoms with Gasteiger partial charge in [-0.2, -0.15) is 16.1 Å². The third-order valence-corrected chi connectivity index (χ3v) is 4.22. The number of tetrazole rings is 1. The van der Waals surface area contributed by atoms with E-state index < -0.39 is 11.9 Å². The van der Waals surface area contributed by atoms with Crippen molar-refractivity contribution in [3.05, 3.63) is 46.2 Å². The Bertz CT molecular complexity index is 920. The Balaban J connectivity index is 1.49. The van der Waals surface area contributed by atoms with Crippen molar-refractivity contribution in [2.75, 3.05) is 11.9 Å². The molecule has 0 fully saturated rings. The summed E-state index contributed by atoms with van der Waals surface area (Å²) in [4.78, 5) is 24.9. The standard InChI is InChI=1S/C17H17N5O3S/c1-11-3-4-12(2)14(7-11)18-15(23)9-25-16(24)8-22-20-17(19-21-22)13-5-6-26-10-13/h3-7,10H,8-9H2,1-2H3,(H,18,23). The number of hydrogen-bond acceptors (Lipinski definition) is 7. The molecule has 1 aromatic carbocycles. The molecule has 2 aromatic heterocycles. The average Bonchev–Trinajstić information content (AvgIpc) is 3.28. The summed E-state index contributed by atoms with van der Waals surface area (Å²) in [7, 11) is 0. The Morgan fingerprint density at radius 3 is 2.88 bits per heavy atom. The molecule has 0 saturated heterocycles. The first-order chi connectivity index (χ1) is 12.5. The van der Waals surface area contributed by atoms with Gasteiger partial charge < -0.3 is 10.1 Å². The number of nitrogens with one attached hydrogen (secondary N) is 1. The van der Waals surface area contributed by atoms with Crippen LogP contribution < -0.4 is 5.32 Å². The molecule has 0 radical (unpaired) electrons. The van der Waals surface area contributed by atoms with Crippen molar-refractivity contribution >= 4 is 28.9 Å². The lowest BCUT2D eigenvalue weighted by Crippen LogP contribution is -2.24. The third-order valence-electron chi connectivity index (χ3n) is 3.53. The monoisotopic (exact) mass is 371 g/mol. The van der Waals surface area contributed by atoms with Crippen LogP contribution in [0.2, 0.25) is 0 Å². The Kier molecular flexibility index (Phi) is 5.37. The lowest BCUT2D eigenvalue weighted by molar-refractivity contribution is -0.148. The summed E-state index contributed by atoms with van der Waals surface area (Å²) in [6, 6.07) is 7.60. The second kappa shape index (κ2) is 7.87. The zero-order valence-corrected chi connectivity index (χ0v) is 15.1. The van der Waals surface area contributed by atoms with E-state index in [-0.39, 0.29) is 13.2 Å². The van der Waals surface area contributed by atoms with Gasteiger partial charge in [-0.05, 0) is 47.7 Å². The molecule has 26 heavy (non-hydrogen) atoms. The Morgan fingerprint density at radius 1 is 1.27 bits per heavy atom. The second-order valence-electron chi connectivity index (χ2n) is 5.68. The Morgan fingerprint density at radius 2 is 2.12 bits per heavy atom. The minimum atomic E-state index is -0.615. The molecular formula is C17H17N5O3S. The van der Waals surface area contributed by atoms with Gasteiger partial charge in [0.25, 0.3) is 5.91 Å². The van der Waals surface area contributed by atoms with E-state index in [1.54, 1.807) is 0 Å². The quantitative estimate of drug-likeness (QED) is 0.667. The summed E-state index contributed by atoms with van der Waals surface area (Å²) in [5, 5.41) is 18.3. The van der Waals surface area contributed by atoms with Crippen LogP contribution in [-0.2, 0) is 20.9 Å². The van der Waals surface area contributed by atoms with Gasteiger partial charge in [0.15, 0.2) is 13.2 Å². The number of anilines is 1. The zero-order valence-electron chi connectivity index (χ0n) is 14.3. The maximum atomic E-state index is 12.0. The molecule has 0 spiro atoms. The van der Waals surface area contributed by atoms with Crippen LogP contribution in [-0.4, -0.2) is 38.7 Å². The number of carbonyl (C=O) groups is 2. The van der Waals surface area contributed by atoms with Crippen molar-refractivity contribution in [3.63, 3.8) is 0 Å². The molecule has 1 amide bonds. The molecule has 0 aliphatic carbocycles. The number of aryl methyl sites for hydroxylation is 2. The third kappa shape index (κ3) is 4.51. The second-order valence-corrected chi connectivity index (χ2v) is 6.46. The average molecular weight is 371 g/mol. The van der Waals surface area contributed by atoms with Gasteiger partial charge >= 0.3 is 5.97 Å². The molecule has 0 saturated carbocycles. The van der Waals surface area contributed by atoms with Crippen LogP contribution >= 0.6 is 11.3 Å². The van der Waals surface area contributed by atoms with Crippen LogP contribution in [0.15, 0.2) is 35.0 Å². The first-order valence-corrected chi connectivity index (χ1v) is 8.78. The highest BCUT2D eigenvalue weighted by atomic mass is 32.1. The van der Waals surface area contributed by atoms with E-state index in [4.69, 9.17) is 4.74 Å². The summed E-state index contributed by atoms with van der Waals surface area (Å²) >= 11 is 1.52. The highest BCUT2D eigenvalue weighted by Crippen LogP contribution is 2.17. The zero-order chi connectivity index (χ0) is 18.5. The highest BCUT2D eigenvalue weighted by molar-refractivity contribution is 7.08. The number of esters is 1. The minimum Gasteiger partial charge on any atom is -0.454 e. The molecule has 9 heteroatoms. The molecule has 134 valence electrons. The molecule has 0 atom stereocenters. The van der Waals surface area contributed by atoms with Crippen molar-refractivity contribution in [2.45, 2.75) is 20.4 Å². The van der Waals surface area contributed by atoms with Crippen molar-refractivity contribution < 1.29 is 14.3 Å². The molecule has 0 unspecified atom stereocenters. The molecule has 0 bridgehead atoms. The molecule has 8 nitrogen and oxygen atoms in total. The first kappa shape index (κ1) is 17.7. The SMILES string of the molecule is Cc1ccc(C)c(NC(=O)COC(=O)Cn2nnc(-c3ccsc3)n2)c1. The molecule has 1 N–H and O–H groups in total. The number of rotatable bonds is 6. The van der Waals surface area contributed by atoms with Gasteiger partial charge in [-0.1, -0.05) is 12.1 Å². The van der Waals surface area contributed by atoms with Gasteiger partial charge in [0.1, 0.15) is 0 Å². The highest BCUT2D eigenvalue weighted by Gasteiger charge is 2.13. The van der Waals surface area contributed by atoms with Gasteiger partial charge in [0, 0.05) is 16.6 Å². The van der Waals surface area contributed by atoms with Crippen LogP contribution in [0, 0.1) is 13.8 Å². The van der Waals surface area contributed by atoms with Crippen LogP contribution in [0.3, 0.4) is 0 Å². The van der Waals surface area contributed by atoms with Gasteiger partial charge in [0.2, 0.25) is 5.82 Å². The van der Waals surface area contributed by atoms with E-state index in [1.165, 1.54) is 11.3 Å². The predicted octanol–water partition coefficient (Wildman–Crippen LogP) is 2.20. The minimum absolute atomic E-state index is 0.214. The van der Waals surface area contributed by atoms with Gasteiger partial charge in [-0.25, -0.2) is 4.79 Å². The Hall–Kier alpha value is -3.07. The molecular weight excluding hydrogens is 354 g/mol. The van der Waals surface area contributed by atoms with Crippen LogP contribution in [0.25, 0.3) is 11.4 Å². The number of nitrogens with zero attached hydrogens (tertiary/aromatic N) is 4. The lowest BCUT2D eigenvalue weighted by atomic mass is 10.1. The van der Waals surface area contributed by atoms with E-state index in [1.807, 2.05) is 48.9 Å². The number of thiophene rings is 1. The first-order valence-electron chi connectivity index (χ1n) is 7.84.